The van der Waals surface area contributed by atoms with Crippen LogP contribution in [0.4, 0.5) is 149 Å². The minimum Gasteiger partial charge on any atom is -0.326 e. The first-order chi connectivity index (χ1) is 22.1. The minimum atomic E-state index is -12.5. The van der Waals surface area contributed by atoms with Crippen molar-refractivity contribution in [3.63, 3.8) is 0 Å². The van der Waals surface area contributed by atoms with Crippen molar-refractivity contribution in [3.8, 4) is 0 Å². The van der Waals surface area contributed by atoms with Gasteiger partial charge in [-0.2, -0.15) is 149 Å². The summed E-state index contributed by atoms with van der Waals surface area (Å²) in [5.74, 6) is -68.2. The third kappa shape index (κ3) is 7.40. The van der Waals surface area contributed by atoms with E-state index in [9.17, 15) is 145 Å². The lowest BCUT2D eigenvalue weighted by molar-refractivity contribution is -0.485. The molecule has 0 fully saturated rings. The molecule has 38 heteroatoms. The van der Waals surface area contributed by atoms with Crippen LogP contribution >= 0.6 is 0 Å². The molecule has 0 aliphatic carbocycles. The fourth-order valence-corrected chi connectivity index (χ4v) is 4.91. The Kier molecular flexibility index (Phi) is 12.1. The molecule has 1 atom stereocenters. The molecule has 0 N–H and O–H groups in total. The lowest BCUT2D eigenvalue weighted by Crippen LogP contribution is -2.81. The van der Waals surface area contributed by atoms with E-state index in [0.29, 0.717) is 0 Å². The Morgan fingerprint density at radius 2 is 0.472 bits per heavy atom. The van der Waals surface area contributed by atoms with Gasteiger partial charge in [-0.15, -0.1) is 0 Å². The molecule has 0 rings (SSSR count). The highest BCUT2D eigenvalue weighted by atomic mass is 28.4. The van der Waals surface area contributed by atoms with Crippen molar-refractivity contribution in [1.82, 2.24) is 0 Å². The molecule has 0 aromatic carbocycles. The molecule has 0 radical (unpaired) electrons. The van der Waals surface area contributed by atoms with Gasteiger partial charge in [0.2, 0.25) is 0 Å². The first-order valence-corrected chi connectivity index (χ1v) is 12.4. The Bertz CT molecular complexity index is 1250. The summed E-state index contributed by atoms with van der Waals surface area (Å²) in [5, 5.41) is 0. The van der Waals surface area contributed by atoms with Crippen LogP contribution < -0.4 is 0 Å². The highest BCUT2D eigenvalue weighted by molar-refractivity contribution is 6.64. The van der Waals surface area contributed by atoms with Gasteiger partial charge in [-0.1, -0.05) is 0 Å². The fourth-order valence-electron chi connectivity index (χ4n) is 2.49. The second kappa shape index (κ2) is 12.6. The van der Waals surface area contributed by atoms with Gasteiger partial charge in [0.15, 0.2) is 0 Å². The summed E-state index contributed by atoms with van der Waals surface area (Å²) in [5.41, 5.74) is -9.81. The summed E-state index contributed by atoms with van der Waals surface area (Å²) in [6.07, 6.45) is -63.2. The summed E-state index contributed by atoms with van der Waals surface area (Å²) < 4.78 is 456. The first kappa shape index (κ1) is 50.7. The predicted molar refractivity (Wildman–Crippen MR) is 87.6 cm³/mol. The normalized spacial score (nSPS) is 18.0. The largest absolute Gasteiger partial charge is 0.597 e. The zero-order chi connectivity index (χ0) is 44.1. The van der Waals surface area contributed by atoms with Crippen LogP contribution in [-0.2, 0) is 13.3 Å². The number of hydrogen-bond donors (Lipinski definition) is 0. The average molecular weight is 902 g/mol. The molecular formula is C15F34O3Si. The van der Waals surface area contributed by atoms with Crippen molar-refractivity contribution < 1.29 is 163 Å². The molecule has 0 aromatic rings. The summed E-state index contributed by atoms with van der Waals surface area (Å²) in [4.78, 5) is 0. The maximum absolute atomic E-state index is 15.1. The summed E-state index contributed by atoms with van der Waals surface area (Å²) in [7, 11) is -12.5. The average Bonchev–Trinajstić information content (AvgIpc) is 2.83. The van der Waals surface area contributed by atoms with E-state index in [2.05, 4.69) is 0 Å². The molecule has 1 unspecified atom stereocenters. The summed E-state index contributed by atoms with van der Waals surface area (Å²) in [6.45, 7) is 0. The highest BCUT2D eigenvalue weighted by Crippen LogP contribution is 2.65. The lowest BCUT2D eigenvalue weighted by Gasteiger charge is -2.48. The number of hydrogen-bond acceptors (Lipinski definition) is 3. The molecule has 0 aliphatic heterocycles. The van der Waals surface area contributed by atoms with E-state index in [1.165, 1.54) is 0 Å². The van der Waals surface area contributed by atoms with E-state index in [1.807, 2.05) is 0 Å². The van der Waals surface area contributed by atoms with Crippen LogP contribution in [0, 0.1) is 0 Å². The SMILES string of the molecule is FC(F)(F)C(F)(F)C(F)(F)O[Si](OC(F)(F)C(F)(F)C(F)(F)F)(OC(F)(C(F)(F)C(F)(F)F)C(F)(F)C(F)(F)C(F)(F)C(F)(F)F)C(F)(F)C(F)(F)F. The third-order valence-corrected chi connectivity index (χ3v) is 7.94. The van der Waals surface area contributed by atoms with Crippen molar-refractivity contribution in [2.24, 2.45) is 0 Å². The zero-order valence-electron chi connectivity index (χ0n) is 22.1. The van der Waals surface area contributed by atoms with Crippen LogP contribution in [0.2, 0.25) is 0 Å². The van der Waals surface area contributed by atoms with E-state index in [1.54, 1.807) is 0 Å². The van der Waals surface area contributed by atoms with E-state index in [-0.39, 0.29) is 0 Å². The van der Waals surface area contributed by atoms with Crippen LogP contribution in [0.15, 0.2) is 0 Å². The van der Waals surface area contributed by atoms with E-state index in [0.717, 1.165) is 13.3 Å². The van der Waals surface area contributed by atoms with Gasteiger partial charge in [0.1, 0.15) is 0 Å². The van der Waals surface area contributed by atoms with Gasteiger partial charge in [0.05, 0.1) is 0 Å². The molecule has 0 heterocycles. The summed E-state index contributed by atoms with van der Waals surface area (Å²) in [6, 6.07) is 0. The second-order valence-electron chi connectivity index (χ2n) is 9.00. The quantitative estimate of drug-likeness (QED) is 0.136. The smallest absolute Gasteiger partial charge is 0.326 e. The Labute approximate surface area is 263 Å². The maximum Gasteiger partial charge on any atom is 0.597 e. The van der Waals surface area contributed by atoms with Crippen LogP contribution in [0.3, 0.4) is 0 Å². The molecular weight excluding hydrogens is 902 g/mol. The van der Waals surface area contributed by atoms with Gasteiger partial charge in [-0.3, -0.25) is 0 Å². The van der Waals surface area contributed by atoms with E-state index >= 15 is 4.39 Å². The lowest BCUT2D eigenvalue weighted by atomic mass is 9.92. The van der Waals surface area contributed by atoms with Crippen molar-refractivity contribution >= 4 is 8.80 Å². The number of rotatable bonds is 13. The molecule has 0 aliphatic rings. The molecule has 0 bridgehead atoms. The van der Waals surface area contributed by atoms with E-state index < -0.39 is 98.8 Å². The summed E-state index contributed by atoms with van der Waals surface area (Å²) >= 11 is 0. The van der Waals surface area contributed by atoms with Crippen LogP contribution in [0.25, 0.3) is 0 Å². The van der Waals surface area contributed by atoms with Crippen molar-refractivity contribution in [1.29, 1.82) is 0 Å². The van der Waals surface area contributed by atoms with Crippen LogP contribution in [-0.4, -0.2) is 98.8 Å². The topological polar surface area (TPSA) is 27.7 Å². The third-order valence-electron chi connectivity index (χ3n) is 5.29. The Morgan fingerprint density at radius 1 is 0.226 bits per heavy atom. The second-order valence-corrected chi connectivity index (χ2v) is 11.4. The van der Waals surface area contributed by atoms with Crippen LogP contribution in [0.5, 0.6) is 0 Å². The number of alkyl halides is 34. The molecule has 0 saturated heterocycles. The maximum atomic E-state index is 15.1. The molecule has 0 amide bonds. The van der Waals surface area contributed by atoms with Crippen LogP contribution in [0.1, 0.15) is 0 Å². The van der Waals surface area contributed by atoms with Crippen molar-refractivity contribution in [2.75, 3.05) is 0 Å². The predicted octanol–water partition coefficient (Wildman–Crippen LogP) is 10.6. The molecule has 0 spiro atoms. The van der Waals surface area contributed by atoms with Crippen molar-refractivity contribution in [2.45, 2.75) is 90.0 Å². The number of halogens is 34. The fraction of sp³-hybridized carbons (Fsp3) is 1.00. The first-order valence-electron chi connectivity index (χ1n) is 10.7. The Balaban J connectivity index is 9.34. The Morgan fingerprint density at radius 3 is 0.679 bits per heavy atom. The molecule has 320 valence electrons. The Hall–Kier alpha value is -2.28. The monoisotopic (exact) mass is 902 g/mol. The molecule has 53 heavy (non-hydrogen) atoms. The zero-order valence-corrected chi connectivity index (χ0v) is 23.1. The van der Waals surface area contributed by atoms with Gasteiger partial charge >= 0.3 is 98.8 Å². The van der Waals surface area contributed by atoms with Gasteiger partial charge in [0.25, 0.3) is 0 Å². The van der Waals surface area contributed by atoms with Gasteiger partial charge in [-0.05, 0) is 0 Å². The molecule has 0 saturated carbocycles. The minimum absolute atomic E-state index is 0.750. The van der Waals surface area contributed by atoms with Gasteiger partial charge in [0, 0.05) is 0 Å². The van der Waals surface area contributed by atoms with Gasteiger partial charge in [-0.25, -0.2) is 0 Å². The van der Waals surface area contributed by atoms with E-state index in [4.69, 9.17) is 0 Å². The van der Waals surface area contributed by atoms with Crippen molar-refractivity contribution in [3.05, 3.63) is 0 Å². The standard InChI is InChI=1S/C15F34O3Si/c16-1(17,3(20,21)8(29,30)31)2(18,19)7(28,4(22,23)9(32,33)34)50-53(15(48,49)12(41,42)43,51-13(44,45)5(24,25)10(35,36)37)52-14(46,47)6(26,27)11(38,39)40. The highest BCUT2D eigenvalue weighted by Gasteiger charge is 2.98. The molecule has 0 aromatic heterocycles. The van der Waals surface area contributed by atoms with Gasteiger partial charge < -0.3 is 13.3 Å². The molecule has 3 nitrogen and oxygen atoms in total.